The number of non-ortho nitro benzene ring substituents is 1. The van der Waals surface area contributed by atoms with Crippen LogP contribution in [0.1, 0.15) is 19.8 Å². The molecule has 112 valence electrons. The Labute approximate surface area is 120 Å². The first-order chi connectivity index (χ1) is 10.1. The molecule has 0 radical (unpaired) electrons. The number of nitro groups is 1. The van der Waals surface area contributed by atoms with Gasteiger partial charge in [-0.1, -0.05) is 6.07 Å². The van der Waals surface area contributed by atoms with E-state index in [-0.39, 0.29) is 23.2 Å². The van der Waals surface area contributed by atoms with Crippen LogP contribution in [0.25, 0.3) is 11.1 Å². The predicted molar refractivity (Wildman–Crippen MR) is 75.0 cm³/mol. The number of benzene rings is 1. The number of aromatic nitrogens is 1. The average molecular weight is 293 g/mol. The van der Waals surface area contributed by atoms with Crippen molar-refractivity contribution in [3.8, 4) is 0 Å². The third-order valence-corrected chi connectivity index (χ3v) is 2.73. The number of rotatable bonds is 7. The van der Waals surface area contributed by atoms with Gasteiger partial charge in [0.25, 0.3) is 11.7 Å². The Balaban J connectivity index is 1.96. The van der Waals surface area contributed by atoms with Crippen molar-refractivity contribution in [3.05, 3.63) is 28.3 Å². The van der Waals surface area contributed by atoms with Crippen molar-refractivity contribution in [1.82, 2.24) is 4.98 Å². The number of hydrogen-bond acceptors (Lipinski definition) is 7. The van der Waals surface area contributed by atoms with Gasteiger partial charge in [-0.05, 0) is 19.4 Å². The quantitative estimate of drug-likeness (QED) is 0.361. The summed E-state index contributed by atoms with van der Waals surface area (Å²) in [7, 11) is 0. The lowest BCUT2D eigenvalue weighted by Crippen LogP contribution is -2.08. The fraction of sp³-hybridized carbons (Fsp3) is 0.385. The molecule has 0 atom stereocenters. The van der Waals surface area contributed by atoms with E-state index in [1.54, 1.807) is 13.0 Å². The van der Waals surface area contributed by atoms with Gasteiger partial charge in [0.2, 0.25) is 0 Å². The first kappa shape index (κ1) is 14.8. The van der Waals surface area contributed by atoms with Crippen LogP contribution in [-0.2, 0) is 9.53 Å². The molecule has 8 nitrogen and oxygen atoms in total. The molecule has 0 amide bonds. The molecule has 1 N–H and O–H groups in total. The number of esters is 1. The van der Waals surface area contributed by atoms with Gasteiger partial charge in [0.1, 0.15) is 0 Å². The molecule has 0 fully saturated rings. The maximum Gasteiger partial charge on any atom is 0.305 e. The van der Waals surface area contributed by atoms with Crippen LogP contribution in [0.3, 0.4) is 0 Å². The predicted octanol–water partition coefficient (Wildman–Crippen LogP) is 2.49. The van der Waals surface area contributed by atoms with E-state index in [1.807, 2.05) is 0 Å². The highest BCUT2D eigenvalue weighted by Gasteiger charge is 2.17. The van der Waals surface area contributed by atoms with Crippen LogP contribution in [0.2, 0.25) is 0 Å². The fourth-order valence-corrected chi connectivity index (χ4v) is 1.82. The van der Waals surface area contributed by atoms with E-state index in [1.165, 1.54) is 12.1 Å². The van der Waals surface area contributed by atoms with Crippen molar-refractivity contribution in [2.75, 3.05) is 18.5 Å². The topological polar surface area (TPSA) is 108 Å². The van der Waals surface area contributed by atoms with E-state index in [2.05, 4.69) is 10.3 Å². The summed E-state index contributed by atoms with van der Waals surface area (Å²) in [4.78, 5) is 25.6. The second-order valence-corrected chi connectivity index (χ2v) is 4.24. The molecule has 1 heterocycles. The first-order valence-electron chi connectivity index (χ1n) is 6.55. The summed E-state index contributed by atoms with van der Waals surface area (Å²) in [6.07, 6.45) is 0.848. The minimum absolute atomic E-state index is 0.101. The molecule has 21 heavy (non-hydrogen) atoms. The molecule has 2 aromatic rings. The van der Waals surface area contributed by atoms with E-state index >= 15 is 0 Å². The summed E-state index contributed by atoms with van der Waals surface area (Å²) >= 11 is 0. The molecule has 0 aliphatic heterocycles. The lowest BCUT2D eigenvalue weighted by atomic mass is 10.3. The van der Waals surface area contributed by atoms with Crippen LogP contribution >= 0.6 is 0 Å². The molecule has 0 spiro atoms. The third kappa shape index (κ3) is 3.68. The van der Waals surface area contributed by atoms with Gasteiger partial charge < -0.3 is 14.5 Å². The van der Waals surface area contributed by atoms with Crippen molar-refractivity contribution >= 4 is 28.8 Å². The standard InChI is InChI=1S/C13H15N3O5/c1-2-20-11(17)7-4-8-14-13-15-12-9(16(18)19)5-3-6-10(12)21-13/h3,5-6H,2,4,7-8H2,1H3,(H,14,15). The Morgan fingerprint density at radius 2 is 2.33 bits per heavy atom. The Hall–Kier alpha value is -2.64. The normalized spacial score (nSPS) is 10.5. The number of anilines is 1. The zero-order valence-electron chi connectivity index (χ0n) is 11.5. The van der Waals surface area contributed by atoms with Gasteiger partial charge in [-0.15, -0.1) is 0 Å². The number of nitrogens with one attached hydrogen (secondary N) is 1. The summed E-state index contributed by atoms with van der Waals surface area (Å²) in [5.41, 5.74) is 0.448. The lowest BCUT2D eigenvalue weighted by molar-refractivity contribution is -0.383. The lowest BCUT2D eigenvalue weighted by Gasteiger charge is -2.02. The van der Waals surface area contributed by atoms with E-state index < -0.39 is 4.92 Å². The smallest absolute Gasteiger partial charge is 0.305 e. The summed E-state index contributed by atoms with van der Waals surface area (Å²) in [6, 6.07) is 4.72. The van der Waals surface area contributed by atoms with Gasteiger partial charge in [-0.3, -0.25) is 14.9 Å². The molecule has 0 saturated heterocycles. The van der Waals surface area contributed by atoms with Gasteiger partial charge in [0.15, 0.2) is 11.1 Å². The molecule has 1 aromatic carbocycles. The van der Waals surface area contributed by atoms with Crippen LogP contribution in [0.4, 0.5) is 11.7 Å². The molecule has 0 aliphatic rings. The molecule has 0 saturated carbocycles. The van der Waals surface area contributed by atoms with Crippen LogP contribution < -0.4 is 5.32 Å². The van der Waals surface area contributed by atoms with Crippen molar-refractivity contribution in [2.24, 2.45) is 0 Å². The molecule has 2 rings (SSSR count). The van der Waals surface area contributed by atoms with Crippen molar-refractivity contribution in [3.63, 3.8) is 0 Å². The maximum absolute atomic E-state index is 11.2. The van der Waals surface area contributed by atoms with Gasteiger partial charge in [-0.2, -0.15) is 4.98 Å². The van der Waals surface area contributed by atoms with Gasteiger partial charge in [0, 0.05) is 19.0 Å². The Bertz CT molecular complexity index is 652. The number of para-hydroxylation sites is 1. The second kappa shape index (κ2) is 6.69. The highest BCUT2D eigenvalue weighted by molar-refractivity contribution is 5.84. The van der Waals surface area contributed by atoms with Crippen molar-refractivity contribution in [1.29, 1.82) is 0 Å². The minimum Gasteiger partial charge on any atom is -0.466 e. The number of nitro benzene ring substituents is 1. The largest absolute Gasteiger partial charge is 0.466 e. The third-order valence-electron chi connectivity index (χ3n) is 2.73. The molecule has 8 heteroatoms. The van der Waals surface area contributed by atoms with Crippen molar-refractivity contribution < 1.29 is 18.9 Å². The number of oxazole rings is 1. The molecule has 0 bridgehead atoms. The minimum atomic E-state index is -0.505. The fourth-order valence-electron chi connectivity index (χ4n) is 1.82. The van der Waals surface area contributed by atoms with Gasteiger partial charge in [-0.25, -0.2) is 0 Å². The monoisotopic (exact) mass is 293 g/mol. The van der Waals surface area contributed by atoms with Crippen LogP contribution in [0, 0.1) is 10.1 Å². The van der Waals surface area contributed by atoms with E-state index in [0.717, 1.165) is 0 Å². The van der Waals surface area contributed by atoms with Crippen LogP contribution in [-0.4, -0.2) is 29.0 Å². The molecule has 0 aliphatic carbocycles. The Kier molecular flexibility index (Phi) is 4.70. The summed E-state index contributed by atoms with van der Waals surface area (Å²) in [6.45, 7) is 2.57. The highest BCUT2D eigenvalue weighted by Crippen LogP contribution is 2.27. The average Bonchev–Trinajstić information content (AvgIpc) is 2.86. The zero-order valence-corrected chi connectivity index (χ0v) is 11.5. The second-order valence-electron chi connectivity index (χ2n) is 4.24. The van der Waals surface area contributed by atoms with E-state index in [0.29, 0.717) is 31.6 Å². The highest BCUT2D eigenvalue weighted by atomic mass is 16.6. The number of carbonyl (C=O) groups is 1. The number of ether oxygens (including phenoxy) is 1. The Morgan fingerprint density at radius 1 is 1.52 bits per heavy atom. The van der Waals surface area contributed by atoms with E-state index in [4.69, 9.17) is 9.15 Å². The number of hydrogen-bond donors (Lipinski definition) is 1. The molecular formula is C13H15N3O5. The summed E-state index contributed by atoms with van der Waals surface area (Å²) in [5, 5.41) is 13.8. The molecular weight excluding hydrogens is 278 g/mol. The number of nitrogens with zero attached hydrogens (tertiary/aromatic N) is 2. The Morgan fingerprint density at radius 3 is 3.05 bits per heavy atom. The molecule has 0 unspecified atom stereocenters. The van der Waals surface area contributed by atoms with Gasteiger partial charge in [0.05, 0.1) is 11.5 Å². The van der Waals surface area contributed by atoms with Gasteiger partial charge >= 0.3 is 5.97 Å². The van der Waals surface area contributed by atoms with Crippen LogP contribution in [0.5, 0.6) is 0 Å². The first-order valence-corrected chi connectivity index (χ1v) is 6.55. The summed E-state index contributed by atoms with van der Waals surface area (Å²) < 4.78 is 10.2. The number of fused-ring (bicyclic) bond motifs is 1. The summed E-state index contributed by atoms with van der Waals surface area (Å²) in [5.74, 6) is -0.257. The SMILES string of the molecule is CCOC(=O)CCCNc1nc2c([N+](=O)[O-])cccc2o1. The van der Waals surface area contributed by atoms with Crippen molar-refractivity contribution in [2.45, 2.75) is 19.8 Å². The zero-order chi connectivity index (χ0) is 15.2. The van der Waals surface area contributed by atoms with E-state index in [9.17, 15) is 14.9 Å². The number of carbonyl (C=O) groups excluding carboxylic acids is 1. The maximum atomic E-state index is 11.2. The van der Waals surface area contributed by atoms with Crippen LogP contribution in [0.15, 0.2) is 22.6 Å². The molecule has 1 aromatic heterocycles.